The van der Waals surface area contributed by atoms with Crippen LogP contribution in [0.5, 0.6) is 5.75 Å². The zero-order chi connectivity index (χ0) is 30.0. The Morgan fingerprint density at radius 3 is 2.55 bits per heavy atom. The quantitative estimate of drug-likeness (QED) is 0.137. The fourth-order valence-electron chi connectivity index (χ4n) is 6.93. The number of anilines is 1. The molecule has 0 saturated heterocycles. The van der Waals surface area contributed by atoms with Crippen molar-refractivity contribution < 1.29 is 9.53 Å². The average Bonchev–Trinajstić information content (AvgIpc) is 3.57. The Labute approximate surface area is 259 Å². The van der Waals surface area contributed by atoms with Gasteiger partial charge in [-0.1, -0.05) is 66.7 Å². The highest BCUT2D eigenvalue weighted by molar-refractivity contribution is 6.01. The molecule has 0 saturated carbocycles. The highest BCUT2D eigenvalue weighted by atomic mass is 16.5. The summed E-state index contributed by atoms with van der Waals surface area (Å²) in [6.45, 7) is 4.83. The third-order valence-corrected chi connectivity index (χ3v) is 9.41. The molecule has 2 N–H and O–H groups in total. The first kappa shape index (κ1) is 28.1. The van der Waals surface area contributed by atoms with Gasteiger partial charge >= 0.3 is 0 Å². The lowest BCUT2D eigenvalue weighted by Gasteiger charge is -2.37. The Kier molecular flexibility index (Phi) is 7.75. The molecule has 0 radical (unpaired) electrons. The molecule has 7 rings (SSSR count). The second-order valence-electron chi connectivity index (χ2n) is 12.1. The third-order valence-electron chi connectivity index (χ3n) is 9.41. The fourth-order valence-corrected chi connectivity index (χ4v) is 6.93. The van der Waals surface area contributed by atoms with E-state index in [0.717, 1.165) is 55.2 Å². The number of ether oxygens (including phenoxy) is 1. The summed E-state index contributed by atoms with van der Waals surface area (Å²) in [4.78, 5) is 15.4. The molecule has 1 amide bonds. The number of amides is 1. The van der Waals surface area contributed by atoms with Crippen molar-refractivity contribution in [1.82, 2.24) is 10.3 Å². The van der Waals surface area contributed by atoms with Gasteiger partial charge in [0.1, 0.15) is 5.75 Å². The highest BCUT2D eigenvalue weighted by Gasteiger charge is 2.38. The normalized spacial score (nSPS) is 20.7. The molecule has 2 heterocycles. The van der Waals surface area contributed by atoms with Gasteiger partial charge in [-0.05, 0) is 95.5 Å². The standard InChI is InChI=1S/C38H38N4O2/c1-25(40-41-38(43)29-12-10-26(11-13-29)23-42-21-20-27-6-3-4-7-31(27)24-42)30-16-19-36-35(22-30)33-8-5-9-34(33)37(39-36)28-14-17-32(44-2)18-15-28/h3-8,10-19,22,33-34,37,39H,9,20-21,23-24H2,1-2H3,(H,41,43)/b40-25-/t33-,34+,37+/m1/s1. The zero-order valence-electron chi connectivity index (χ0n) is 25.3. The smallest absolute Gasteiger partial charge is 0.271 e. The number of methoxy groups -OCH3 is 1. The second kappa shape index (κ2) is 12.1. The zero-order valence-corrected chi connectivity index (χ0v) is 25.3. The molecule has 0 bridgehead atoms. The number of nitrogens with one attached hydrogen (secondary N) is 2. The van der Waals surface area contributed by atoms with Crippen LogP contribution in [0.15, 0.2) is 108 Å². The van der Waals surface area contributed by atoms with Crippen molar-refractivity contribution >= 4 is 17.3 Å². The first-order chi connectivity index (χ1) is 21.6. The first-order valence-electron chi connectivity index (χ1n) is 15.5. The topological polar surface area (TPSA) is 66.0 Å². The average molecular weight is 583 g/mol. The van der Waals surface area contributed by atoms with E-state index in [0.29, 0.717) is 17.4 Å². The molecule has 222 valence electrons. The molecular formula is C38H38N4O2. The lowest BCUT2D eigenvalue weighted by Crippen LogP contribution is -2.30. The Balaban J connectivity index is 1.00. The van der Waals surface area contributed by atoms with Gasteiger partial charge < -0.3 is 10.1 Å². The van der Waals surface area contributed by atoms with E-state index < -0.39 is 0 Å². The van der Waals surface area contributed by atoms with Gasteiger partial charge in [0.15, 0.2) is 0 Å². The number of rotatable bonds is 7. The second-order valence-corrected chi connectivity index (χ2v) is 12.1. The monoisotopic (exact) mass is 582 g/mol. The maximum Gasteiger partial charge on any atom is 0.271 e. The van der Waals surface area contributed by atoms with Crippen LogP contribution in [-0.4, -0.2) is 30.2 Å². The molecule has 0 spiro atoms. The van der Waals surface area contributed by atoms with E-state index in [2.05, 4.69) is 87.5 Å². The number of hydrazone groups is 1. The van der Waals surface area contributed by atoms with Crippen LogP contribution >= 0.6 is 0 Å². The van der Waals surface area contributed by atoms with Gasteiger partial charge in [0.05, 0.1) is 18.9 Å². The van der Waals surface area contributed by atoms with Gasteiger partial charge in [-0.3, -0.25) is 9.69 Å². The van der Waals surface area contributed by atoms with Gasteiger partial charge in [-0.2, -0.15) is 5.10 Å². The largest absolute Gasteiger partial charge is 0.497 e. The summed E-state index contributed by atoms with van der Waals surface area (Å²) < 4.78 is 5.36. The minimum absolute atomic E-state index is 0.205. The Morgan fingerprint density at radius 2 is 1.75 bits per heavy atom. The van der Waals surface area contributed by atoms with E-state index >= 15 is 0 Å². The van der Waals surface area contributed by atoms with Gasteiger partial charge in [0.2, 0.25) is 0 Å². The van der Waals surface area contributed by atoms with Crippen molar-refractivity contribution in [1.29, 1.82) is 0 Å². The van der Waals surface area contributed by atoms with Crippen molar-refractivity contribution in [3.05, 3.63) is 142 Å². The molecule has 2 aliphatic heterocycles. The number of allylic oxidation sites excluding steroid dienone is 2. The fraction of sp³-hybridized carbons (Fsp3) is 0.263. The van der Waals surface area contributed by atoms with Crippen molar-refractivity contribution in [3.8, 4) is 5.75 Å². The molecule has 0 fully saturated rings. The van der Waals surface area contributed by atoms with Crippen LogP contribution in [0.1, 0.15) is 69.0 Å². The number of carbonyl (C=O) groups excluding carboxylic acids is 1. The summed E-state index contributed by atoms with van der Waals surface area (Å²) in [6, 6.07) is 31.6. The van der Waals surface area contributed by atoms with Gasteiger partial charge in [-0.15, -0.1) is 0 Å². The van der Waals surface area contributed by atoms with E-state index in [4.69, 9.17) is 4.74 Å². The van der Waals surface area contributed by atoms with E-state index in [1.807, 2.05) is 43.3 Å². The van der Waals surface area contributed by atoms with Crippen LogP contribution in [0.25, 0.3) is 0 Å². The number of nitrogens with zero attached hydrogens (tertiary/aromatic N) is 2. The van der Waals surface area contributed by atoms with Gasteiger partial charge in [0, 0.05) is 36.8 Å². The molecule has 4 aromatic rings. The predicted octanol–water partition coefficient (Wildman–Crippen LogP) is 7.23. The number of hydrogen-bond donors (Lipinski definition) is 2. The summed E-state index contributed by atoms with van der Waals surface area (Å²) in [7, 11) is 1.70. The molecule has 6 heteroatoms. The van der Waals surface area contributed by atoms with Crippen LogP contribution in [0.4, 0.5) is 5.69 Å². The summed E-state index contributed by atoms with van der Waals surface area (Å²) in [5.74, 6) is 1.44. The minimum atomic E-state index is -0.205. The van der Waals surface area contributed by atoms with Crippen molar-refractivity contribution in [2.45, 2.75) is 44.8 Å². The van der Waals surface area contributed by atoms with Crippen LogP contribution < -0.4 is 15.5 Å². The number of benzene rings is 4. The predicted molar refractivity (Wildman–Crippen MR) is 176 cm³/mol. The molecule has 0 unspecified atom stereocenters. The summed E-state index contributed by atoms with van der Waals surface area (Å²) in [5, 5.41) is 8.28. The molecule has 44 heavy (non-hydrogen) atoms. The van der Waals surface area contributed by atoms with Crippen LogP contribution in [0.2, 0.25) is 0 Å². The van der Waals surface area contributed by atoms with Crippen LogP contribution in [0, 0.1) is 5.92 Å². The van der Waals surface area contributed by atoms with Crippen LogP contribution in [-0.2, 0) is 19.5 Å². The van der Waals surface area contributed by atoms with Crippen LogP contribution in [0.3, 0.4) is 0 Å². The Morgan fingerprint density at radius 1 is 0.977 bits per heavy atom. The van der Waals surface area contributed by atoms with Crippen molar-refractivity contribution in [2.24, 2.45) is 11.0 Å². The highest BCUT2D eigenvalue weighted by Crippen LogP contribution is 2.50. The SMILES string of the molecule is COc1ccc([C@@H]2Nc3ccc(/C(C)=N\NC(=O)c4ccc(CN5CCc6ccccc6C5)cc4)cc3[C@@H]3C=CC[C@@H]32)cc1. The number of carbonyl (C=O) groups is 1. The Bertz CT molecular complexity index is 1720. The summed E-state index contributed by atoms with van der Waals surface area (Å²) in [6.07, 6.45) is 6.75. The summed E-state index contributed by atoms with van der Waals surface area (Å²) in [5.41, 5.74) is 12.9. The molecule has 4 aromatic carbocycles. The molecule has 3 aliphatic rings. The maximum absolute atomic E-state index is 13.0. The van der Waals surface area contributed by atoms with E-state index in [1.165, 1.54) is 27.8 Å². The minimum Gasteiger partial charge on any atom is -0.497 e. The Hall–Kier alpha value is -4.68. The first-order valence-corrected chi connectivity index (χ1v) is 15.5. The number of fused-ring (bicyclic) bond motifs is 4. The van der Waals surface area contributed by atoms with Crippen molar-refractivity contribution in [3.63, 3.8) is 0 Å². The summed E-state index contributed by atoms with van der Waals surface area (Å²) >= 11 is 0. The number of hydrogen-bond acceptors (Lipinski definition) is 5. The molecular weight excluding hydrogens is 544 g/mol. The van der Waals surface area contributed by atoms with Gasteiger partial charge in [0.25, 0.3) is 5.91 Å². The van der Waals surface area contributed by atoms with E-state index in [9.17, 15) is 4.79 Å². The molecule has 0 aromatic heterocycles. The molecule has 3 atom stereocenters. The molecule has 1 aliphatic carbocycles. The van der Waals surface area contributed by atoms with Crippen molar-refractivity contribution in [2.75, 3.05) is 19.0 Å². The van der Waals surface area contributed by atoms with E-state index in [-0.39, 0.29) is 11.9 Å². The lowest BCUT2D eigenvalue weighted by atomic mass is 9.76. The van der Waals surface area contributed by atoms with Gasteiger partial charge in [-0.25, -0.2) is 5.43 Å². The third kappa shape index (κ3) is 5.65. The van der Waals surface area contributed by atoms with E-state index in [1.54, 1.807) is 7.11 Å². The lowest BCUT2D eigenvalue weighted by molar-refractivity contribution is 0.0955. The molecule has 6 nitrogen and oxygen atoms in total. The maximum atomic E-state index is 13.0.